The number of piperidine rings is 1. The Morgan fingerprint density at radius 1 is 1.33 bits per heavy atom. The lowest BCUT2D eigenvalue weighted by atomic mass is 10.0. The maximum atomic E-state index is 12.8. The maximum absolute atomic E-state index is 12.8. The molecule has 1 amide bonds. The highest BCUT2D eigenvalue weighted by atomic mass is 35.5. The number of likely N-dealkylation sites (tertiary alicyclic amines) is 1. The summed E-state index contributed by atoms with van der Waals surface area (Å²) in [6.07, 6.45) is -0.145. The highest BCUT2D eigenvalue weighted by Gasteiger charge is 2.31. The summed E-state index contributed by atoms with van der Waals surface area (Å²) in [5.74, 6) is 0.285. The molecule has 0 N–H and O–H groups in total. The molecule has 1 aliphatic rings. The molecule has 1 aromatic carbocycles. The van der Waals surface area contributed by atoms with E-state index >= 15 is 0 Å². The molecule has 1 saturated heterocycles. The summed E-state index contributed by atoms with van der Waals surface area (Å²) >= 11 is 6.04. The Morgan fingerprint density at radius 3 is 2.89 bits per heavy atom. The molecule has 0 bridgehead atoms. The molecule has 27 heavy (non-hydrogen) atoms. The molecule has 144 valence electrons. The summed E-state index contributed by atoms with van der Waals surface area (Å²) in [5, 5.41) is 0.393. The van der Waals surface area contributed by atoms with Crippen LogP contribution < -0.4 is 4.74 Å². The molecule has 1 fully saturated rings. The van der Waals surface area contributed by atoms with Gasteiger partial charge >= 0.3 is 6.18 Å². The lowest BCUT2D eigenvalue weighted by molar-refractivity contribution is -0.138. The third-order valence-electron chi connectivity index (χ3n) is 4.37. The molecule has 2 heterocycles. The average Bonchev–Trinajstić information content (AvgIpc) is 2.63. The van der Waals surface area contributed by atoms with E-state index in [2.05, 4.69) is 4.98 Å². The van der Waals surface area contributed by atoms with Gasteiger partial charge in [0.1, 0.15) is 16.9 Å². The van der Waals surface area contributed by atoms with Crippen LogP contribution in [0.3, 0.4) is 0 Å². The lowest BCUT2D eigenvalue weighted by Gasteiger charge is -2.33. The number of benzene rings is 1. The molecule has 8 heteroatoms. The monoisotopic (exact) mass is 398 g/mol. The van der Waals surface area contributed by atoms with Gasteiger partial charge in [-0.1, -0.05) is 29.8 Å². The Kier molecular flexibility index (Phi) is 5.89. The van der Waals surface area contributed by atoms with E-state index in [9.17, 15) is 18.0 Å². The largest absolute Gasteiger partial charge is 0.487 e. The van der Waals surface area contributed by atoms with Crippen molar-refractivity contribution in [2.45, 2.75) is 31.5 Å². The second-order valence-electron chi connectivity index (χ2n) is 6.40. The van der Waals surface area contributed by atoms with Crippen LogP contribution in [0.15, 0.2) is 42.7 Å². The van der Waals surface area contributed by atoms with E-state index in [1.165, 1.54) is 18.3 Å². The molecule has 2 aromatic rings. The first kappa shape index (κ1) is 19.5. The van der Waals surface area contributed by atoms with Crippen molar-refractivity contribution >= 4 is 17.5 Å². The lowest BCUT2D eigenvalue weighted by Crippen LogP contribution is -2.45. The molecule has 0 spiro atoms. The van der Waals surface area contributed by atoms with Gasteiger partial charge in [0.2, 0.25) is 5.91 Å². The minimum atomic E-state index is -4.42. The van der Waals surface area contributed by atoms with Crippen molar-refractivity contribution in [1.82, 2.24) is 9.88 Å². The van der Waals surface area contributed by atoms with E-state index in [4.69, 9.17) is 16.3 Å². The van der Waals surface area contributed by atoms with Gasteiger partial charge in [0.05, 0.1) is 18.5 Å². The first-order valence-corrected chi connectivity index (χ1v) is 8.91. The Morgan fingerprint density at radius 2 is 2.15 bits per heavy atom. The number of ether oxygens (including phenoxy) is 1. The van der Waals surface area contributed by atoms with Crippen molar-refractivity contribution in [1.29, 1.82) is 0 Å². The second kappa shape index (κ2) is 8.17. The van der Waals surface area contributed by atoms with E-state index < -0.39 is 11.7 Å². The summed E-state index contributed by atoms with van der Waals surface area (Å²) in [4.78, 5) is 18.1. The number of halogens is 4. The Bertz CT molecular complexity index is 814. The van der Waals surface area contributed by atoms with Gasteiger partial charge < -0.3 is 9.64 Å². The van der Waals surface area contributed by atoms with Gasteiger partial charge in [-0.25, -0.2) is 0 Å². The fourth-order valence-electron chi connectivity index (χ4n) is 3.04. The molecule has 4 nitrogen and oxygen atoms in total. The van der Waals surface area contributed by atoms with Crippen LogP contribution in [0.5, 0.6) is 5.75 Å². The number of pyridine rings is 1. The maximum Gasteiger partial charge on any atom is 0.416 e. The number of aromatic nitrogens is 1. The first-order chi connectivity index (χ1) is 12.8. The van der Waals surface area contributed by atoms with Crippen LogP contribution in [0.4, 0.5) is 13.2 Å². The Hall–Kier alpha value is -2.28. The SMILES string of the molecule is O=C(Cc1cccc(C(F)(F)F)c1)N1CCCC(Oc2ccncc2Cl)C1. The van der Waals surface area contributed by atoms with Crippen LogP contribution in [0.2, 0.25) is 5.02 Å². The van der Waals surface area contributed by atoms with Crippen LogP contribution in [0.25, 0.3) is 0 Å². The van der Waals surface area contributed by atoms with Gasteiger partial charge in [0.15, 0.2) is 0 Å². The Labute approximate surface area is 159 Å². The van der Waals surface area contributed by atoms with E-state index in [0.717, 1.165) is 25.0 Å². The van der Waals surface area contributed by atoms with Crippen molar-refractivity contribution < 1.29 is 22.7 Å². The van der Waals surface area contributed by atoms with Crippen molar-refractivity contribution in [3.63, 3.8) is 0 Å². The Balaban J connectivity index is 1.63. The molecule has 1 aliphatic heterocycles. The molecule has 0 aliphatic carbocycles. The summed E-state index contributed by atoms with van der Waals surface area (Å²) in [6.45, 7) is 0.929. The summed E-state index contributed by atoms with van der Waals surface area (Å²) < 4.78 is 44.3. The van der Waals surface area contributed by atoms with Crippen LogP contribution in [0, 0.1) is 0 Å². The van der Waals surface area contributed by atoms with Gasteiger partial charge in [-0.05, 0) is 24.5 Å². The third-order valence-corrected chi connectivity index (χ3v) is 4.65. The minimum Gasteiger partial charge on any atom is -0.487 e. The zero-order valence-electron chi connectivity index (χ0n) is 14.4. The van der Waals surface area contributed by atoms with Gasteiger partial charge in [-0.2, -0.15) is 13.2 Å². The normalized spacial score (nSPS) is 17.6. The van der Waals surface area contributed by atoms with Crippen molar-refractivity contribution in [3.8, 4) is 5.75 Å². The van der Waals surface area contributed by atoms with E-state index in [1.54, 1.807) is 17.2 Å². The molecule has 0 radical (unpaired) electrons. The van der Waals surface area contributed by atoms with Gasteiger partial charge in [0.25, 0.3) is 0 Å². The summed E-state index contributed by atoms with van der Waals surface area (Å²) in [5.41, 5.74) is -0.407. The number of hydrogen-bond donors (Lipinski definition) is 0. The van der Waals surface area contributed by atoms with Gasteiger partial charge in [-0.15, -0.1) is 0 Å². The van der Waals surface area contributed by atoms with Crippen LogP contribution >= 0.6 is 11.6 Å². The number of carbonyl (C=O) groups is 1. The second-order valence-corrected chi connectivity index (χ2v) is 6.81. The average molecular weight is 399 g/mol. The topological polar surface area (TPSA) is 42.4 Å². The molecule has 1 unspecified atom stereocenters. The van der Waals surface area contributed by atoms with E-state index in [1.807, 2.05) is 0 Å². The highest BCUT2D eigenvalue weighted by molar-refractivity contribution is 6.31. The van der Waals surface area contributed by atoms with Crippen LogP contribution in [0.1, 0.15) is 24.0 Å². The highest BCUT2D eigenvalue weighted by Crippen LogP contribution is 2.30. The van der Waals surface area contributed by atoms with Gasteiger partial charge in [-0.3, -0.25) is 9.78 Å². The number of alkyl halides is 3. The predicted molar refractivity (Wildman–Crippen MR) is 94.6 cm³/mol. The smallest absolute Gasteiger partial charge is 0.416 e. The summed E-state index contributed by atoms with van der Waals surface area (Å²) in [7, 11) is 0. The quantitative estimate of drug-likeness (QED) is 0.768. The van der Waals surface area contributed by atoms with Crippen molar-refractivity contribution in [2.75, 3.05) is 13.1 Å². The fraction of sp³-hybridized carbons (Fsp3) is 0.368. The van der Waals surface area contributed by atoms with Gasteiger partial charge in [0, 0.05) is 25.0 Å². The number of nitrogens with zero attached hydrogens (tertiary/aromatic N) is 2. The number of amides is 1. The zero-order chi connectivity index (χ0) is 19.4. The minimum absolute atomic E-state index is 0.0767. The molecule has 0 saturated carbocycles. The molecule has 1 atom stereocenters. The van der Waals surface area contributed by atoms with E-state index in [-0.39, 0.29) is 18.4 Å². The number of carbonyl (C=O) groups excluding carboxylic acids is 1. The van der Waals surface area contributed by atoms with Crippen LogP contribution in [-0.4, -0.2) is 35.0 Å². The predicted octanol–water partition coefficient (Wildman–Crippen LogP) is 4.37. The number of rotatable bonds is 4. The molecule has 1 aromatic heterocycles. The van der Waals surface area contributed by atoms with Crippen molar-refractivity contribution in [3.05, 3.63) is 58.9 Å². The summed E-state index contributed by atoms with van der Waals surface area (Å²) in [6, 6.07) is 6.52. The zero-order valence-corrected chi connectivity index (χ0v) is 15.1. The fourth-order valence-corrected chi connectivity index (χ4v) is 3.21. The standard InChI is InChI=1S/C19H18ClF3N2O2/c20-16-11-24-7-6-17(16)27-15-5-2-8-25(12-15)18(26)10-13-3-1-4-14(9-13)19(21,22)23/h1,3-4,6-7,9,11,15H,2,5,8,10,12H2. The molecule has 3 rings (SSSR count). The van der Waals surface area contributed by atoms with Crippen LogP contribution in [-0.2, 0) is 17.4 Å². The first-order valence-electron chi connectivity index (χ1n) is 8.53. The molecular formula is C19H18ClF3N2O2. The van der Waals surface area contributed by atoms with Crippen molar-refractivity contribution in [2.24, 2.45) is 0 Å². The third kappa shape index (κ3) is 5.13. The number of hydrogen-bond acceptors (Lipinski definition) is 3. The van der Waals surface area contributed by atoms with E-state index in [0.29, 0.717) is 29.4 Å². The molecular weight excluding hydrogens is 381 g/mol.